The molecule has 1 fully saturated rings. The molecule has 2 rings (SSSR count). The molecule has 1 aliphatic rings. The van der Waals surface area contributed by atoms with Gasteiger partial charge >= 0.3 is 0 Å². The van der Waals surface area contributed by atoms with Gasteiger partial charge in [-0.25, -0.2) is 0 Å². The molecule has 1 heterocycles. The predicted molar refractivity (Wildman–Crippen MR) is 66.6 cm³/mol. The smallest absolute Gasteiger partial charge is 0.143 e. The van der Waals surface area contributed by atoms with Gasteiger partial charge in [-0.2, -0.15) is 0 Å². The van der Waals surface area contributed by atoms with Gasteiger partial charge in [0.15, 0.2) is 0 Å². The molecule has 1 aliphatic heterocycles. The van der Waals surface area contributed by atoms with Gasteiger partial charge in [-0.05, 0) is 36.6 Å². The molecule has 0 saturated carbocycles. The fraction of sp³-hybridized carbons (Fsp3) is 0.500. The second kappa shape index (κ2) is 4.98. The zero-order valence-corrected chi connectivity index (χ0v) is 9.71. The third kappa shape index (κ3) is 2.39. The lowest BCUT2D eigenvalue weighted by molar-refractivity contribution is 0.775. The van der Waals surface area contributed by atoms with Crippen molar-refractivity contribution < 1.29 is 0 Å². The summed E-state index contributed by atoms with van der Waals surface area (Å²) in [6.45, 7) is 4.71. The summed E-state index contributed by atoms with van der Waals surface area (Å²) >= 11 is 0. The zero-order valence-electron chi connectivity index (χ0n) is 8.82. The van der Waals surface area contributed by atoms with E-state index in [1.807, 2.05) is 0 Å². The van der Waals surface area contributed by atoms with Gasteiger partial charge in [0.05, 0.1) is 0 Å². The molecule has 0 spiro atoms. The van der Waals surface area contributed by atoms with Crippen LogP contribution in [0.25, 0.3) is 0 Å². The van der Waals surface area contributed by atoms with E-state index < -0.39 is 0 Å². The Labute approximate surface area is 89.1 Å². The number of hydrogen-bond donors (Lipinski definition) is 0. The number of benzene rings is 1. The molecule has 73 valence electrons. The standard InChI is InChI=1S/C12H17BP/c1-13-14-9-5-8-12(14)10-11-6-3-2-4-7-11/h2-4,6-7,12H,5,8-10H2,1H3. The van der Waals surface area contributed by atoms with E-state index in [2.05, 4.69) is 44.2 Å². The van der Waals surface area contributed by atoms with Gasteiger partial charge in [-0.15, -0.1) is 7.80 Å². The van der Waals surface area contributed by atoms with Crippen LogP contribution in [0.1, 0.15) is 18.4 Å². The molecule has 1 aromatic carbocycles. The Bertz CT molecular complexity index is 273. The minimum atomic E-state index is 0.245. The third-order valence-corrected chi connectivity index (χ3v) is 5.94. The van der Waals surface area contributed by atoms with Gasteiger partial charge in [0, 0.05) is 0 Å². The van der Waals surface area contributed by atoms with E-state index in [0.717, 1.165) is 5.66 Å². The number of hydrogen-bond acceptors (Lipinski definition) is 0. The lowest BCUT2D eigenvalue weighted by Gasteiger charge is -2.18. The molecular weight excluding hydrogens is 186 g/mol. The highest BCUT2D eigenvalue weighted by atomic mass is 31.1. The first-order valence-corrected chi connectivity index (χ1v) is 7.16. The quantitative estimate of drug-likeness (QED) is 0.520. The van der Waals surface area contributed by atoms with Crippen molar-refractivity contribution in [3.05, 3.63) is 35.9 Å². The SMILES string of the molecule is C[B]P1CCCC1Cc1ccccc1. The molecule has 0 aromatic heterocycles. The Hall–Kier alpha value is -0.285. The van der Waals surface area contributed by atoms with Gasteiger partial charge < -0.3 is 0 Å². The minimum Gasteiger partial charge on any atom is -0.145 e. The fourth-order valence-corrected chi connectivity index (χ4v) is 4.86. The molecule has 14 heavy (non-hydrogen) atoms. The maximum absolute atomic E-state index is 2.47. The maximum atomic E-state index is 2.47. The minimum absolute atomic E-state index is 0.245. The fourth-order valence-electron chi connectivity index (χ4n) is 2.30. The summed E-state index contributed by atoms with van der Waals surface area (Å²) in [5.41, 5.74) is 2.49. The third-order valence-electron chi connectivity index (χ3n) is 3.07. The molecule has 1 saturated heterocycles. The maximum Gasteiger partial charge on any atom is 0.143 e. The molecule has 0 amide bonds. The lowest BCUT2D eigenvalue weighted by Crippen LogP contribution is -2.06. The van der Waals surface area contributed by atoms with Crippen LogP contribution in [0.4, 0.5) is 0 Å². The second-order valence-corrected chi connectivity index (χ2v) is 6.70. The van der Waals surface area contributed by atoms with Crippen LogP contribution in [0.2, 0.25) is 6.82 Å². The van der Waals surface area contributed by atoms with Gasteiger partial charge in [-0.3, -0.25) is 0 Å². The van der Waals surface area contributed by atoms with Crippen LogP contribution >= 0.6 is 7.80 Å². The zero-order chi connectivity index (χ0) is 9.80. The van der Waals surface area contributed by atoms with E-state index in [0.29, 0.717) is 0 Å². The first-order chi connectivity index (χ1) is 6.90. The van der Waals surface area contributed by atoms with Crippen LogP contribution in [-0.4, -0.2) is 18.8 Å². The van der Waals surface area contributed by atoms with Crippen LogP contribution in [0.3, 0.4) is 0 Å². The summed E-state index contributed by atoms with van der Waals surface area (Å²) in [6.07, 6.45) is 5.68. The summed E-state index contributed by atoms with van der Waals surface area (Å²) in [5, 5.41) is 0. The molecule has 1 aromatic rings. The van der Waals surface area contributed by atoms with Gasteiger partial charge in [0.1, 0.15) is 7.00 Å². The highest BCUT2D eigenvalue weighted by Crippen LogP contribution is 2.49. The topological polar surface area (TPSA) is 0 Å². The molecule has 0 N–H and O–H groups in total. The Balaban J connectivity index is 1.97. The molecule has 0 nitrogen and oxygen atoms in total. The average molecular weight is 203 g/mol. The van der Waals surface area contributed by atoms with Crippen molar-refractivity contribution in [2.45, 2.75) is 31.7 Å². The molecule has 2 heteroatoms. The lowest BCUT2D eigenvalue weighted by atomic mass is 10.1. The Morgan fingerprint density at radius 3 is 2.86 bits per heavy atom. The van der Waals surface area contributed by atoms with Crippen molar-refractivity contribution in [3.63, 3.8) is 0 Å². The van der Waals surface area contributed by atoms with E-state index in [1.54, 1.807) is 0 Å². The predicted octanol–water partition coefficient (Wildman–Crippen LogP) is 3.54. The second-order valence-electron chi connectivity index (χ2n) is 3.98. The van der Waals surface area contributed by atoms with Crippen LogP contribution in [0.15, 0.2) is 30.3 Å². The highest BCUT2D eigenvalue weighted by Gasteiger charge is 2.24. The van der Waals surface area contributed by atoms with Crippen LogP contribution in [-0.2, 0) is 6.42 Å². The van der Waals surface area contributed by atoms with Crippen molar-refractivity contribution in [3.8, 4) is 0 Å². The van der Waals surface area contributed by atoms with Crippen LogP contribution in [0.5, 0.6) is 0 Å². The van der Waals surface area contributed by atoms with Gasteiger partial charge in [-0.1, -0.05) is 37.2 Å². The van der Waals surface area contributed by atoms with Crippen molar-refractivity contribution >= 4 is 14.8 Å². The summed E-state index contributed by atoms with van der Waals surface area (Å²) in [7, 11) is 0.245. The summed E-state index contributed by atoms with van der Waals surface area (Å²) in [6, 6.07) is 10.9. The summed E-state index contributed by atoms with van der Waals surface area (Å²) in [5.74, 6) is 0. The van der Waals surface area contributed by atoms with Gasteiger partial charge in [0.2, 0.25) is 0 Å². The summed E-state index contributed by atoms with van der Waals surface area (Å²) < 4.78 is 0. The normalized spacial score (nSPS) is 26.4. The first-order valence-electron chi connectivity index (χ1n) is 5.49. The van der Waals surface area contributed by atoms with Crippen LogP contribution in [0, 0.1) is 0 Å². The monoisotopic (exact) mass is 203 g/mol. The van der Waals surface area contributed by atoms with E-state index in [9.17, 15) is 0 Å². The number of rotatable bonds is 3. The Kier molecular flexibility index (Phi) is 3.64. The largest absolute Gasteiger partial charge is 0.145 e. The first kappa shape index (κ1) is 10.2. The van der Waals surface area contributed by atoms with Crippen molar-refractivity contribution in [1.29, 1.82) is 0 Å². The Morgan fingerprint density at radius 1 is 1.36 bits per heavy atom. The van der Waals surface area contributed by atoms with Gasteiger partial charge in [0.25, 0.3) is 0 Å². The van der Waals surface area contributed by atoms with Crippen LogP contribution < -0.4 is 0 Å². The molecular formula is C12H17BP. The van der Waals surface area contributed by atoms with Crippen molar-refractivity contribution in [2.75, 3.05) is 6.16 Å². The highest BCUT2D eigenvalue weighted by molar-refractivity contribution is 7.86. The average Bonchev–Trinajstić information content (AvgIpc) is 2.67. The van der Waals surface area contributed by atoms with E-state index in [1.165, 1.54) is 31.0 Å². The Morgan fingerprint density at radius 2 is 2.14 bits per heavy atom. The molecule has 0 bridgehead atoms. The molecule has 2 unspecified atom stereocenters. The molecule has 1 radical (unpaired) electrons. The molecule has 0 aliphatic carbocycles. The van der Waals surface area contributed by atoms with E-state index in [-0.39, 0.29) is 7.80 Å². The summed E-state index contributed by atoms with van der Waals surface area (Å²) in [4.78, 5) is 0. The van der Waals surface area contributed by atoms with E-state index in [4.69, 9.17) is 0 Å². The molecule has 2 atom stereocenters. The van der Waals surface area contributed by atoms with E-state index >= 15 is 0 Å². The van der Waals surface area contributed by atoms with Crippen molar-refractivity contribution in [2.24, 2.45) is 0 Å². The van der Waals surface area contributed by atoms with Crippen molar-refractivity contribution in [1.82, 2.24) is 0 Å².